The molecule has 0 spiro atoms. The third-order valence-electron chi connectivity index (χ3n) is 2.53. The van der Waals surface area contributed by atoms with Crippen LogP contribution in [-0.2, 0) is 11.3 Å². The van der Waals surface area contributed by atoms with Crippen molar-refractivity contribution in [3.63, 3.8) is 0 Å². The maximum absolute atomic E-state index is 9.58. The number of hydrogen-bond acceptors (Lipinski definition) is 5. The fraction of sp³-hybridized carbons (Fsp3) is 0.727. The average molecular weight is 226 g/mol. The van der Waals surface area contributed by atoms with Gasteiger partial charge in [-0.3, -0.25) is 0 Å². The number of hydrogen-bond donors (Lipinski definition) is 2. The first-order chi connectivity index (χ1) is 7.84. The van der Waals surface area contributed by atoms with Crippen LogP contribution in [0.3, 0.4) is 0 Å². The van der Waals surface area contributed by atoms with Gasteiger partial charge in [-0.05, 0) is 18.8 Å². The molecule has 5 nitrogen and oxygen atoms in total. The van der Waals surface area contributed by atoms with E-state index >= 15 is 0 Å². The molecule has 0 bridgehead atoms. The predicted octanol–water partition coefficient (Wildman–Crippen LogP) is 0.552. The molecule has 0 saturated heterocycles. The van der Waals surface area contributed by atoms with Gasteiger partial charge in [0.2, 0.25) is 0 Å². The maximum Gasteiger partial charge on any atom is 0.150 e. The molecule has 1 aromatic heterocycles. The van der Waals surface area contributed by atoms with E-state index in [9.17, 15) is 5.11 Å². The number of aliphatic hydroxyl groups is 1. The Morgan fingerprint density at radius 1 is 1.62 bits per heavy atom. The molecule has 2 N–H and O–H groups in total. The highest BCUT2D eigenvalue weighted by atomic mass is 16.5. The number of rotatable bonds is 8. The van der Waals surface area contributed by atoms with Crippen molar-refractivity contribution in [2.24, 2.45) is 5.92 Å². The van der Waals surface area contributed by atoms with Crippen LogP contribution in [0.2, 0.25) is 0 Å². The van der Waals surface area contributed by atoms with Crippen LogP contribution in [0.25, 0.3) is 0 Å². The Kier molecular flexibility index (Phi) is 4.33. The summed E-state index contributed by atoms with van der Waals surface area (Å²) in [4.78, 5) is 0. The van der Waals surface area contributed by atoms with Crippen molar-refractivity contribution >= 4 is 0 Å². The normalized spacial score (nSPS) is 17.6. The van der Waals surface area contributed by atoms with E-state index in [2.05, 4.69) is 10.5 Å². The SMILES string of the molecule is OC(CNCc1ccno1)COCC1CC1. The lowest BCUT2D eigenvalue weighted by atomic mass is 10.3. The predicted molar refractivity (Wildman–Crippen MR) is 57.8 cm³/mol. The molecule has 1 atom stereocenters. The number of nitrogens with one attached hydrogen (secondary N) is 1. The van der Waals surface area contributed by atoms with Gasteiger partial charge in [0.1, 0.15) is 5.76 Å². The molecule has 0 radical (unpaired) electrons. The van der Waals surface area contributed by atoms with Crippen LogP contribution < -0.4 is 5.32 Å². The van der Waals surface area contributed by atoms with Gasteiger partial charge in [0.25, 0.3) is 0 Å². The number of nitrogens with zero attached hydrogens (tertiary/aromatic N) is 1. The van der Waals surface area contributed by atoms with Crippen molar-refractivity contribution in [2.45, 2.75) is 25.5 Å². The lowest BCUT2D eigenvalue weighted by Crippen LogP contribution is -2.30. The van der Waals surface area contributed by atoms with E-state index < -0.39 is 6.10 Å². The Morgan fingerprint density at radius 3 is 3.19 bits per heavy atom. The van der Waals surface area contributed by atoms with E-state index in [0.717, 1.165) is 18.3 Å². The number of aromatic nitrogens is 1. The average Bonchev–Trinajstić information content (AvgIpc) is 2.94. The van der Waals surface area contributed by atoms with Crippen molar-refractivity contribution in [2.75, 3.05) is 19.8 Å². The van der Waals surface area contributed by atoms with Crippen molar-refractivity contribution in [1.82, 2.24) is 10.5 Å². The molecular weight excluding hydrogens is 208 g/mol. The molecule has 0 aliphatic heterocycles. The van der Waals surface area contributed by atoms with Crippen LogP contribution >= 0.6 is 0 Å². The summed E-state index contributed by atoms with van der Waals surface area (Å²) >= 11 is 0. The van der Waals surface area contributed by atoms with Crippen LogP contribution in [0.1, 0.15) is 18.6 Å². The smallest absolute Gasteiger partial charge is 0.150 e. The molecule has 90 valence electrons. The van der Waals surface area contributed by atoms with Gasteiger partial charge in [-0.15, -0.1) is 0 Å². The van der Waals surface area contributed by atoms with E-state index in [0.29, 0.717) is 19.7 Å². The lowest BCUT2D eigenvalue weighted by molar-refractivity contribution is 0.0322. The monoisotopic (exact) mass is 226 g/mol. The second kappa shape index (κ2) is 5.98. The molecule has 1 saturated carbocycles. The van der Waals surface area contributed by atoms with Crippen molar-refractivity contribution in [3.8, 4) is 0 Å². The highest BCUT2D eigenvalue weighted by Crippen LogP contribution is 2.28. The molecule has 1 aliphatic carbocycles. The zero-order valence-electron chi connectivity index (χ0n) is 9.26. The topological polar surface area (TPSA) is 67.5 Å². The molecule has 1 aliphatic rings. The Balaban J connectivity index is 1.48. The van der Waals surface area contributed by atoms with Crippen molar-refractivity contribution in [3.05, 3.63) is 18.0 Å². The number of ether oxygens (including phenoxy) is 1. The third-order valence-corrected chi connectivity index (χ3v) is 2.53. The van der Waals surface area contributed by atoms with Gasteiger partial charge < -0.3 is 19.7 Å². The fourth-order valence-electron chi connectivity index (χ4n) is 1.41. The van der Waals surface area contributed by atoms with Gasteiger partial charge in [0.15, 0.2) is 0 Å². The van der Waals surface area contributed by atoms with Crippen molar-refractivity contribution < 1.29 is 14.4 Å². The van der Waals surface area contributed by atoms with Crippen LogP contribution in [0.5, 0.6) is 0 Å². The highest BCUT2D eigenvalue weighted by Gasteiger charge is 2.21. The second-order valence-corrected chi connectivity index (χ2v) is 4.24. The summed E-state index contributed by atoms with van der Waals surface area (Å²) in [6.07, 6.45) is 3.70. The Labute approximate surface area is 94.8 Å². The van der Waals surface area contributed by atoms with Crippen LogP contribution in [0, 0.1) is 5.92 Å². The van der Waals surface area contributed by atoms with Crippen LogP contribution in [-0.4, -0.2) is 36.1 Å². The minimum atomic E-state index is -0.457. The minimum Gasteiger partial charge on any atom is -0.389 e. The second-order valence-electron chi connectivity index (χ2n) is 4.24. The summed E-state index contributed by atoms with van der Waals surface area (Å²) in [7, 11) is 0. The Bertz CT molecular complexity index is 285. The van der Waals surface area contributed by atoms with E-state index in [4.69, 9.17) is 9.26 Å². The van der Waals surface area contributed by atoms with Gasteiger partial charge in [-0.25, -0.2) is 0 Å². The van der Waals surface area contributed by atoms with Crippen molar-refractivity contribution in [1.29, 1.82) is 0 Å². The first kappa shape index (κ1) is 11.6. The quantitative estimate of drug-likeness (QED) is 0.677. The van der Waals surface area contributed by atoms with Gasteiger partial charge in [0, 0.05) is 19.2 Å². The van der Waals surface area contributed by atoms with E-state index in [-0.39, 0.29) is 0 Å². The number of aliphatic hydroxyl groups excluding tert-OH is 1. The van der Waals surface area contributed by atoms with Gasteiger partial charge >= 0.3 is 0 Å². The summed E-state index contributed by atoms with van der Waals surface area (Å²) in [6.45, 7) is 2.28. The third kappa shape index (κ3) is 4.30. The summed E-state index contributed by atoms with van der Waals surface area (Å²) in [5.74, 6) is 1.51. The first-order valence-electron chi connectivity index (χ1n) is 5.70. The minimum absolute atomic E-state index is 0.403. The maximum atomic E-state index is 9.58. The Morgan fingerprint density at radius 2 is 2.50 bits per heavy atom. The summed E-state index contributed by atoms with van der Waals surface area (Å²) < 4.78 is 10.3. The molecule has 0 aromatic carbocycles. The van der Waals surface area contributed by atoms with E-state index in [1.807, 2.05) is 0 Å². The molecule has 1 aromatic rings. The zero-order valence-corrected chi connectivity index (χ0v) is 9.26. The Hall–Kier alpha value is -0.910. The molecule has 5 heteroatoms. The molecule has 0 amide bonds. The van der Waals surface area contributed by atoms with Crippen LogP contribution in [0.4, 0.5) is 0 Å². The van der Waals surface area contributed by atoms with E-state index in [1.165, 1.54) is 12.8 Å². The van der Waals surface area contributed by atoms with Crippen LogP contribution in [0.15, 0.2) is 16.8 Å². The lowest BCUT2D eigenvalue weighted by Gasteiger charge is -2.11. The molecule has 1 unspecified atom stereocenters. The molecular formula is C11H18N2O3. The first-order valence-corrected chi connectivity index (χ1v) is 5.70. The molecule has 16 heavy (non-hydrogen) atoms. The van der Waals surface area contributed by atoms with Gasteiger partial charge in [-0.1, -0.05) is 5.16 Å². The fourth-order valence-corrected chi connectivity index (χ4v) is 1.41. The van der Waals surface area contributed by atoms with Gasteiger partial charge in [0.05, 0.1) is 25.5 Å². The largest absolute Gasteiger partial charge is 0.389 e. The van der Waals surface area contributed by atoms with E-state index in [1.54, 1.807) is 12.3 Å². The summed E-state index contributed by atoms with van der Waals surface area (Å²) in [5.41, 5.74) is 0. The standard InChI is InChI=1S/C11H18N2O3/c14-10(8-15-7-9-1-2-9)5-12-6-11-3-4-13-16-11/h3-4,9-10,12,14H,1-2,5-8H2. The molecule has 1 heterocycles. The molecule has 1 fully saturated rings. The zero-order chi connectivity index (χ0) is 11.2. The highest BCUT2D eigenvalue weighted by molar-refractivity contribution is 4.91. The van der Waals surface area contributed by atoms with Gasteiger partial charge in [-0.2, -0.15) is 0 Å². The molecule has 2 rings (SSSR count). The summed E-state index contributed by atoms with van der Waals surface area (Å²) in [6, 6.07) is 1.79. The summed E-state index contributed by atoms with van der Waals surface area (Å²) in [5, 5.41) is 16.2.